The minimum absolute atomic E-state index is 0.349. The third kappa shape index (κ3) is 1.75. The van der Waals surface area contributed by atoms with Crippen LogP contribution >= 0.6 is 0 Å². The van der Waals surface area contributed by atoms with Crippen LogP contribution in [0.25, 0.3) is 0 Å². The summed E-state index contributed by atoms with van der Waals surface area (Å²) in [7, 11) is 0. The SMILES string of the molecule is NCc1ncccc1/C=N/O. The molecule has 0 saturated heterocycles. The maximum atomic E-state index is 8.24. The van der Waals surface area contributed by atoms with Gasteiger partial charge in [0.2, 0.25) is 0 Å². The van der Waals surface area contributed by atoms with E-state index in [0.717, 1.165) is 11.3 Å². The van der Waals surface area contributed by atoms with Gasteiger partial charge in [0, 0.05) is 18.3 Å². The van der Waals surface area contributed by atoms with E-state index < -0.39 is 0 Å². The van der Waals surface area contributed by atoms with E-state index in [1.807, 2.05) is 0 Å². The molecule has 0 atom stereocenters. The first-order chi connectivity index (χ1) is 5.38. The molecule has 4 nitrogen and oxygen atoms in total. The van der Waals surface area contributed by atoms with Crippen LogP contribution in [0.2, 0.25) is 0 Å². The average Bonchev–Trinajstić information content (AvgIpc) is 2.06. The Kier molecular flexibility index (Phi) is 2.57. The van der Waals surface area contributed by atoms with Gasteiger partial charge in [-0.2, -0.15) is 0 Å². The van der Waals surface area contributed by atoms with Gasteiger partial charge in [0.05, 0.1) is 11.9 Å². The van der Waals surface area contributed by atoms with Crippen LogP contribution in [0.4, 0.5) is 0 Å². The van der Waals surface area contributed by atoms with Crippen molar-refractivity contribution in [3.05, 3.63) is 29.6 Å². The fraction of sp³-hybridized carbons (Fsp3) is 0.143. The van der Waals surface area contributed by atoms with E-state index in [2.05, 4.69) is 10.1 Å². The third-order valence-corrected chi connectivity index (χ3v) is 1.32. The molecular formula is C7H9N3O. The summed E-state index contributed by atoms with van der Waals surface area (Å²) in [6, 6.07) is 3.55. The van der Waals surface area contributed by atoms with E-state index in [0.29, 0.717) is 6.54 Å². The molecule has 0 aromatic carbocycles. The van der Waals surface area contributed by atoms with Gasteiger partial charge in [0.15, 0.2) is 0 Å². The van der Waals surface area contributed by atoms with Gasteiger partial charge in [-0.1, -0.05) is 5.16 Å². The highest BCUT2D eigenvalue weighted by atomic mass is 16.4. The number of aromatic nitrogens is 1. The minimum Gasteiger partial charge on any atom is -0.411 e. The summed E-state index contributed by atoms with van der Waals surface area (Å²) in [6.45, 7) is 0.349. The van der Waals surface area contributed by atoms with E-state index in [9.17, 15) is 0 Å². The maximum Gasteiger partial charge on any atom is 0.0752 e. The molecule has 1 heterocycles. The topological polar surface area (TPSA) is 71.5 Å². The van der Waals surface area contributed by atoms with Crippen molar-refractivity contribution in [2.75, 3.05) is 0 Å². The van der Waals surface area contributed by atoms with Gasteiger partial charge in [0.1, 0.15) is 0 Å². The first-order valence-corrected chi connectivity index (χ1v) is 3.20. The van der Waals surface area contributed by atoms with Gasteiger partial charge >= 0.3 is 0 Å². The van der Waals surface area contributed by atoms with Gasteiger partial charge in [0.25, 0.3) is 0 Å². The molecule has 0 fully saturated rings. The normalized spacial score (nSPS) is 10.6. The zero-order chi connectivity index (χ0) is 8.10. The Balaban J connectivity index is 3.02. The molecule has 1 rings (SSSR count). The molecule has 0 aliphatic carbocycles. The summed E-state index contributed by atoms with van der Waals surface area (Å²) in [6.07, 6.45) is 2.96. The lowest BCUT2D eigenvalue weighted by Crippen LogP contribution is -2.03. The smallest absolute Gasteiger partial charge is 0.0752 e. The highest BCUT2D eigenvalue weighted by Gasteiger charge is 1.96. The van der Waals surface area contributed by atoms with Crippen molar-refractivity contribution in [3.63, 3.8) is 0 Å². The molecule has 0 saturated carbocycles. The molecule has 0 bridgehead atoms. The van der Waals surface area contributed by atoms with Gasteiger partial charge in [-0.3, -0.25) is 4.98 Å². The number of hydrogen-bond donors (Lipinski definition) is 2. The summed E-state index contributed by atoms with van der Waals surface area (Å²) in [5.74, 6) is 0. The largest absolute Gasteiger partial charge is 0.411 e. The van der Waals surface area contributed by atoms with Crippen LogP contribution in [-0.2, 0) is 6.54 Å². The van der Waals surface area contributed by atoms with Crippen molar-refractivity contribution in [2.24, 2.45) is 10.9 Å². The van der Waals surface area contributed by atoms with Crippen molar-refractivity contribution in [1.29, 1.82) is 0 Å². The number of rotatable bonds is 2. The monoisotopic (exact) mass is 151 g/mol. The molecule has 0 aliphatic rings. The van der Waals surface area contributed by atoms with Gasteiger partial charge in [-0.25, -0.2) is 0 Å². The highest BCUT2D eigenvalue weighted by molar-refractivity contribution is 5.80. The van der Waals surface area contributed by atoms with Crippen LogP contribution in [0.15, 0.2) is 23.5 Å². The standard InChI is InChI=1S/C7H9N3O/c8-4-7-6(5-10-11)2-1-3-9-7/h1-3,5,11H,4,8H2/b10-5+. The zero-order valence-corrected chi connectivity index (χ0v) is 5.94. The Hall–Kier alpha value is -1.42. The second-order valence-corrected chi connectivity index (χ2v) is 1.99. The van der Waals surface area contributed by atoms with E-state index in [1.54, 1.807) is 18.3 Å². The van der Waals surface area contributed by atoms with Crippen LogP contribution in [0.3, 0.4) is 0 Å². The predicted octanol–water partition coefficient (Wildman–Crippen LogP) is 0.348. The summed E-state index contributed by atoms with van der Waals surface area (Å²) < 4.78 is 0. The first kappa shape index (κ1) is 7.68. The van der Waals surface area contributed by atoms with Crippen LogP contribution < -0.4 is 5.73 Å². The van der Waals surface area contributed by atoms with Gasteiger partial charge in [-0.05, 0) is 12.1 Å². The molecule has 0 spiro atoms. The van der Waals surface area contributed by atoms with Gasteiger partial charge < -0.3 is 10.9 Å². The number of nitrogens with zero attached hydrogens (tertiary/aromatic N) is 2. The van der Waals surface area contributed by atoms with Crippen LogP contribution in [0.1, 0.15) is 11.3 Å². The summed E-state index contributed by atoms with van der Waals surface area (Å²) in [5.41, 5.74) is 6.85. The highest BCUT2D eigenvalue weighted by Crippen LogP contribution is 2.00. The molecule has 11 heavy (non-hydrogen) atoms. The summed E-state index contributed by atoms with van der Waals surface area (Å²) in [4.78, 5) is 3.99. The molecule has 0 amide bonds. The Labute approximate surface area is 64.4 Å². The van der Waals surface area contributed by atoms with Crippen molar-refractivity contribution >= 4 is 6.21 Å². The van der Waals surface area contributed by atoms with Crippen molar-refractivity contribution in [1.82, 2.24) is 4.98 Å². The lowest BCUT2D eigenvalue weighted by molar-refractivity contribution is 0.322. The molecule has 3 N–H and O–H groups in total. The Morgan fingerprint density at radius 2 is 2.55 bits per heavy atom. The number of nitrogens with two attached hydrogens (primary N) is 1. The number of hydrogen-bond acceptors (Lipinski definition) is 4. The van der Waals surface area contributed by atoms with Crippen molar-refractivity contribution in [2.45, 2.75) is 6.54 Å². The second kappa shape index (κ2) is 3.68. The maximum absolute atomic E-state index is 8.24. The van der Waals surface area contributed by atoms with Crippen LogP contribution in [0, 0.1) is 0 Å². The summed E-state index contributed by atoms with van der Waals surface area (Å²) in [5, 5.41) is 11.1. The Bertz CT molecular complexity index is 260. The quantitative estimate of drug-likeness (QED) is 0.364. The molecular weight excluding hydrogens is 142 g/mol. The van der Waals surface area contributed by atoms with E-state index in [1.165, 1.54) is 6.21 Å². The van der Waals surface area contributed by atoms with Crippen molar-refractivity contribution < 1.29 is 5.21 Å². The zero-order valence-electron chi connectivity index (χ0n) is 5.94. The van der Waals surface area contributed by atoms with Crippen molar-refractivity contribution in [3.8, 4) is 0 Å². The minimum atomic E-state index is 0.349. The molecule has 1 aromatic rings. The van der Waals surface area contributed by atoms with Gasteiger partial charge in [-0.15, -0.1) is 0 Å². The molecule has 0 aliphatic heterocycles. The number of pyridine rings is 1. The molecule has 4 heteroatoms. The molecule has 58 valence electrons. The Morgan fingerprint density at radius 1 is 1.73 bits per heavy atom. The molecule has 1 aromatic heterocycles. The van der Waals surface area contributed by atoms with E-state index >= 15 is 0 Å². The fourth-order valence-electron chi connectivity index (χ4n) is 0.801. The Morgan fingerprint density at radius 3 is 3.18 bits per heavy atom. The third-order valence-electron chi connectivity index (χ3n) is 1.32. The first-order valence-electron chi connectivity index (χ1n) is 3.20. The van der Waals surface area contributed by atoms with E-state index in [4.69, 9.17) is 10.9 Å². The lowest BCUT2D eigenvalue weighted by Gasteiger charge is -1.97. The summed E-state index contributed by atoms with van der Waals surface area (Å²) >= 11 is 0. The predicted molar refractivity (Wildman–Crippen MR) is 41.5 cm³/mol. The lowest BCUT2D eigenvalue weighted by atomic mass is 10.2. The molecule has 0 radical (unpaired) electrons. The van der Waals surface area contributed by atoms with Crippen LogP contribution in [-0.4, -0.2) is 16.4 Å². The van der Waals surface area contributed by atoms with E-state index in [-0.39, 0.29) is 0 Å². The average molecular weight is 151 g/mol. The molecule has 0 unspecified atom stereocenters. The number of oxime groups is 1. The van der Waals surface area contributed by atoms with Crippen LogP contribution in [0.5, 0.6) is 0 Å². The fourth-order valence-corrected chi connectivity index (χ4v) is 0.801. The second-order valence-electron chi connectivity index (χ2n) is 1.99.